The zero-order valence-corrected chi connectivity index (χ0v) is 8.51. The van der Waals surface area contributed by atoms with Crippen molar-refractivity contribution in [3.63, 3.8) is 0 Å². The maximum absolute atomic E-state index is 4.31. The quantitative estimate of drug-likeness (QED) is 0.507. The molecular formula is C9H11N3S. The van der Waals surface area contributed by atoms with E-state index in [2.05, 4.69) is 21.7 Å². The molecular weight excluding hydrogens is 182 g/mol. The Kier molecular flexibility index (Phi) is 3.64. The molecule has 4 heteroatoms. The first-order valence-electron chi connectivity index (χ1n) is 3.78. The lowest BCUT2D eigenvalue weighted by atomic mass is 10.3. The van der Waals surface area contributed by atoms with E-state index in [1.165, 1.54) is 11.8 Å². The Morgan fingerprint density at radius 3 is 2.92 bits per heavy atom. The Hall–Kier alpha value is -1.16. The van der Waals surface area contributed by atoms with E-state index in [1.807, 2.05) is 19.2 Å². The monoisotopic (exact) mass is 193 g/mol. The summed E-state index contributed by atoms with van der Waals surface area (Å²) >= 11 is 1.47. The molecule has 68 valence electrons. The SMILES string of the molecule is C=N/C(=N\c1ccncc1C)SC. The van der Waals surface area contributed by atoms with Gasteiger partial charge in [0.1, 0.15) is 0 Å². The molecule has 0 radical (unpaired) electrons. The van der Waals surface area contributed by atoms with E-state index < -0.39 is 0 Å². The Morgan fingerprint density at radius 2 is 2.38 bits per heavy atom. The first kappa shape index (κ1) is 9.92. The van der Waals surface area contributed by atoms with Crippen LogP contribution in [0.25, 0.3) is 0 Å². The number of amidine groups is 1. The molecule has 13 heavy (non-hydrogen) atoms. The van der Waals surface area contributed by atoms with Gasteiger partial charge in [-0.25, -0.2) is 9.98 Å². The number of aliphatic imine (C=N–C) groups is 2. The molecule has 1 aromatic heterocycles. The molecule has 0 amide bonds. The third-order valence-electron chi connectivity index (χ3n) is 1.52. The van der Waals surface area contributed by atoms with Crippen molar-refractivity contribution in [1.82, 2.24) is 4.98 Å². The van der Waals surface area contributed by atoms with Gasteiger partial charge in [-0.15, -0.1) is 0 Å². The minimum Gasteiger partial charge on any atom is -0.264 e. The topological polar surface area (TPSA) is 37.6 Å². The second-order valence-corrected chi connectivity index (χ2v) is 3.19. The fourth-order valence-electron chi connectivity index (χ4n) is 0.840. The van der Waals surface area contributed by atoms with Crippen molar-refractivity contribution in [1.29, 1.82) is 0 Å². The van der Waals surface area contributed by atoms with Crippen molar-refractivity contribution in [2.75, 3.05) is 6.26 Å². The van der Waals surface area contributed by atoms with Gasteiger partial charge < -0.3 is 0 Å². The number of rotatable bonds is 1. The summed E-state index contributed by atoms with van der Waals surface area (Å²) in [6.07, 6.45) is 5.41. The Bertz CT molecular complexity index is 333. The summed E-state index contributed by atoms with van der Waals surface area (Å²) in [5.74, 6) is 0. The second-order valence-electron chi connectivity index (χ2n) is 2.42. The molecule has 0 bridgehead atoms. The minimum atomic E-state index is 0.675. The van der Waals surface area contributed by atoms with Crippen molar-refractivity contribution >= 4 is 29.3 Å². The lowest BCUT2D eigenvalue weighted by Crippen LogP contribution is -1.84. The molecule has 0 saturated heterocycles. The van der Waals surface area contributed by atoms with Crippen LogP contribution >= 0.6 is 11.8 Å². The lowest BCUT2D eigenvalue weighted by molar-refractivity contribution is 1.25. The third-order valence-corrected chi connectivity index (χ3v) is 2.11. The minimum absolute atomic E-state index is 0.675. The molecule has 0 fully saturated rings. The van der Waals surface area contributed by atoms with Crippen LogP contribution in [0.1, 0.15) is 5.56 Å². The van der Waals surface area contributed by atoms with Gasteiger partial charge in [0.15, 0.2) is 5.17 Å². The van der Waals surface area contributed by atoms with Crippen LogP contribution in [0.3, 0.4) is 0 Å². The van der Waals surface area contributed by atoms with E-state index in [1.54, 1.807) is 12.4 Å². The molecule has 1 heterocycles. The summed E-state index contributed by atoms with van der Waals surface area (Å²) in [6, 6.07) is 1.86. The maximum atomic E-state index is 4.31. The van der Waals surface area contributed by atoms with E-state index in [0.717, 1.165) is 11.3 Å². The van der Waals surface area contributed by atoms with Crippen LogP contribution in [0.2, 0.25) is 0 Å². The highest BCUT2D eigenvalue weighted by Crippen LogP contribution is 2.18. The fraction of sp³-hybridized carbons (Fsp3) is 0.222. The molecule has 0 spiro atoms. The van der Waals surface area contributed by atoms with Crippen molar-refractivity contribution in [3.8, 4) is 0 Å². The molecule has 0 aliphatic carbocycles. The highest BCUT2D eigenvalue weighted by molar-refractivity contribution is 8.13. The standard InChI is InChI=1S/C9H11N3S/c1-7-6-11-5-4-8(7)12-9(10-2)13-3/h4-6H,2H2,1,3H3/b12-9+. The van der Waals surface area contributed by atoms with Gasteiger partial charge in [-0.05, 0) is 31.5 Å². The predicted molar refractivity (Wildman–Crippen MR) is 59.1 cm³/mol. The summed E-state index contributed by atoms with van der Waals surface area (Å²) in [5.41, 5.74) is 1.93. The molecule has 0 N–H and O–H groups in total. The van der Waals surface area contributed by atoms with Gasteiger partial charge in [0, 0.05) is 12.4 Å². The van der Waals surface area contributed by atoms with Gasteiger partial charge in [-0.3, -0.25) is 4.98 Å². The van der Waals surface area contributed by atoms with Crippen LogP contribution in [-0.4, -0.2) is 23.1 Å². The van der Waals surface area contributed by atoms with Gasteiger partial charge in [-0.1, -0.05) is 11.8 Å². The van der Waals surface area contributed by atoms with Crippen LogP contribution in [0.5, 0.6) is 0 Å². The Morgan fingerprint density at radius 1 is 1.62 bits per heavy atom. The van der Waals surface area contributed by atoms with Crippen molar-refractivity contribution < 1.29 is 0 Å². The second kappa shape index (κ2) is 4.77. The number of hydrogen-bond donors (Lipinski definition) is 0. The highest BCUT2D eigenvalue weighted by atomic mass is 32.2. The molecule has 1 aromatic rings. The predicted octanol–water partition coefficient (Wildman–Crippen LogP) is 2.44. The van der Waals surface area contributed by atoms with E-state index in [4.69, 9.17) is 0 Å². The summed E-state index contributed by atoms with van der Waals surface area (Å²) in [7, 11) is 0. The molecule has 0 aromatic carbocycles. The van der Waals surface area contributed by atoms with Crippen LogP contribution in [-0.2, 0) is 0 Å². The first-order valence-corrected chi connectivity index (χ1v) is 5.00. The maximum Gasteiger partial charge on any atom is 0.187 e. The number of aromatic nitrogens is 1. The molecule has 3 nitrogen and oxygen atoms in total. The van der Waals surface area contributed by atoms with Gasteiger partial charge in [0.2, 0.25) is 0 Å². The van der Waals surface area contributed by atoms with E-state index >= 15 is 0 Å². The summed E-state index contributed by atoms with van der Waals surface area (Å²) in [4.78, 5) is 12.1. The van der Waals surface area contributed by atoms with Crippen LogP contribution in [0.15, 0.2) is 28.4 Å². The molecule has 0 atom stereocenters. The van der Waals surface area contributed by atoms with Gasteiger partial charge in [0.25, 0.3) is 0 Å². The smallest absolute Gasteiger partial charge is 0.187 e. The van der Waals surface area contributed by atoms with Crippen molar-refractivity contribution in [3.05, 3.63) is 24.0 Å². The Balaban J connectivity index is 3.02. The van der Waals surface area contributed by atoms with E-state index in [9.17, 15) is 0 Å². The third kappa shape index (κ3) is 2.66. The van der Waals surface area contributed by atoms with Gasteiger partial charge in [-0.2, -0.15) is 0 Å². The average molecular weight is 193 g/mol. The summed E-state index contributed by atoms with van der Waals surface area (Å²) in [5, 5.41) is 0.675. The summed E-state index contributed by atoms with van der Waals surface area (Å²) in [6.45, 7) is 5.41. The van der Waals surface area contributed by atoms with Gasteiger partial charge in [0.05, 0.1) is 5.69 Å². The fourth-order valence-corrected chi connectivity index (χ4v) is 1.16. The zero-order valence-electron chi connectivity index (χ0n) is 7.69. The summed E-state index contributed by atoms with van der Waals surface area (Å²) < 4.78 is 0. The van der Waals surface area contributed by atoms with E-state index in [0.29, 0.717) is 5.17 Å². The number of pyridine rings is 1. The molecule has 0 saturated carbocycles. The molecule has 0 unspecified atom stereocenters. The molecule has 1 rings (SSSR count). The number of hydrogen-bond acceptors (Lipinski definition) is 3. The number of nitrogens with zero attached hydrogens (tertiary/aromatic N) is 3. The van der Waals surface area contributed by atoms with Crippen molar-refractivity contribution in [2.45, 2.75) is 6.92 Å². The normalized spacial score (nSPS) is 11.4. The van der Waals surface area contributed by atoms with Crippen molar-refractivity contribution in [2.24, 2.45) is 9.98 Å². The number of thioether (sulfide) groups is 1. The number of aryl methyl sites for hydroxylation is 1. The van der Waals surface area contributed by atoms with Gasteiger partial charge >= 0.3 is 0 Å². The van der Waals surface area contributed by atoms with Crippen LogP contribution < -0.4 is 0 Å². The largest absolute Gasteiger partial charge is 0.264 e. The van der Waals surface area contributed by atoms with E-state index in [-0.39, 0.29) is 0 Å². The Labute approximate surface area is 82.0 Å². The molecule has 0 aliphatic rings. The van der Waals surface area contributed by atoms with Crippen LogP contribution in [0, 0.1) is 6.92 Å². The van der Waals surface area contributed by atoms with Crippen LogP contribution in [0.4, 0.5) is 5.69 Å². The lowest BCUT2D eigenvalue weighted by Gasteiger charge is -1.99. The average Bonchev–Trinajstić information content (AvgIpc) is 2.17. The highest BCUT2D eigenvalue weighted by Gasteiger charge is 1.96. The zero-order chi connectivity index (χ0) is 9.68. The first-order chi connectivity index (χ1) is 6.27. The molecule has 0 aliphatic heterocycles.